The van der Waals surface area contributed by atoms with Crippen molar-refractivity contribution in [3.63, 3.8) is 0 Å². The number of unbranched alkanes of at least 4 members (excludes halogenated alkanes) is 14. The fourth-order valence-corrected chi connectivity index (χ4v) is 9.81. The van der Waals surface area contributed by atoms with Crippen molar-refractivity contribution >= 4 is 21.9 Å². The summed E-state index contributed by atoms with van der Waals surface area (Å²) in [4.78, 5) is 13.8. The van der Waals surface area contributed by atoms with Crippen LogP contribution in [0.5, 0.6) is 0 Å². The Morgan fingerprint density at radius 1 is 0.441 bits per heavy atom. The normalized spacial score (nSPS) is 15.2. The summed E-state index contributed by atoms with van der Waals surface area (Å²) in [5, 5.41) is 2.62. The van der Waals surface area contributed by atoms with Gasteiger partial charge in [-0.3, -0.25) is 4.79 Å². The predicted octanol–water partition coefficient (Wildman–Crippen LogP) is 11.0. The molecule has 34 heavy (non-hydrogen) atoms. The van der Waals surface area contributed by atoms with Gasteiger partial charge in [-0.25, -0.2) is 0 Å². The highest BCUT2D eigenvalue weighted by atomic mass is 28.3. The van der Waals surface area contributed by atoms with Gasteiger partial charge in [0.25, 0.3) is 0 Å². The molecule has 1 aliphatic rings. The van der Waals surface area contributed by atoms with E-state index in [4.69, 9.17) is 0 Å². The second kappa shape index (κ2) is 16.4. The lowest BCUT2D eigenvalue weighted by atomic mass is 9.96. The van der Waals surface area contributed by atoms with E-state index in [0.29, 0.717) is 5.78 Å². The average molecular weight is 505 g/mol. The Morgan fingerprint density at radius 2 is 0.706 bits per heavy atom. The van der Waals surface area contributed by atoms with E-state index < -0.39 is 16.1 Å². The van der Waals surface area contributed by atoms with Gasteiger partial charge in [-0.05, 0) is 47.2 Å². The number of hydrogen-bond acceptors (Lipinski definition) is 1. The highest BCUT2D eigenvalue weighted by Gasteiger charge is 2.42. The molecule has 0 fully saturated rings. The minimum Gasteiger partial charge on any atom is -0.290 e. The third-order valence-electron chi connectivity index (χ3n) is 7.48. The summed E-state index contributed by atoms with van der Waals surface area (Å²) in [5.74, 6) is 0.488. The number of rotatable bonds is 20. The molecule has 0 aliphatic heterocycles. The maximum absolute atomic E-state index is 13.8. The number of carbonyl (C=O) groups is 1. The molecular formula is C31H60OSi2. The lowest BCUT2D eigenvalue weighted by molar-refractivity contribution is -0.111. The first-order valence-corrected chi connectivity index (χ1v) is 22.1. The molecule has 0 heterocycles. The fourth-order valence-electron chi connectivity index (χ4n) is 5.71. The van der Waals surface area contributed by atoms with Gasteiger partial charge in [-0.15, -0.1) is 0 Å². The van der Waals surface area contributed by atoms with Crippen LogP contribution in [0.2, 0.25) is 39.3 Å². The van der Waals surface area contributed by atoms with E-state index in [1.165, 1.54) is 124 Å². The third kappa shape index (κ3) is 11.1. The lowest BCUT2D eigenvalue weighted by Crippen LogP contribution is -2.35. The van der Waals surface area contributed by atoms with E-state index in [0.717, 1.165) is 12.8 Å². The topological polar surface area (TPSA) is 17.1 Å². The molecule has 1 rings (SSSR count). The average Bonchev–Trinajstić information content (AvgIpc) is 3.03. The molecule has 0 N–H and O–H groups in total. The molecule has 0 unspecified atom stereocenters. The molecule has 0 spiro atoms. The van der Waals surface area contributed by atoms with E-state index in [1.54, 1.807) is 0 Å². The van der Waals surface area contributed by atoms with Crippen LogP contribution in [0.3, 0.4) is 0 Å². The van der Waals surface area contributed by atoms with Crippen molar-refractivity contribution in [1.29, 1.82) is 0 Å². The van der Waals surface area contributed by atoms with Gasteiger partial charge in [0.2, 0.25) is 0 Å². The van der Waals surface area contributed by atoms with Crippen LogP contribution < -0.4 is 0 Å². The first kappa shape index (κ1) is 31.6. The molecule has 0 aromatic rings. The van der Waals surface area contributed by atoms with Gasteiger partial charge in [0, 0.05) is 0 Å². The van der Waals surface area contributed by atoms with Crippen LogP contribution in [0.4, 0.5) is 0 Å². The van der Waals surface area contributed by atoms with Crippen molar-refractivity contribution in [3.8, 4) is 0 Å². The Morgan fingerprint density at radius 3 is 0.971 bits per heavy atom. The van der Waals surface area contributed by atoms with Gasteiger partial charge in [0.15, 0.2) is 5.78 Å². The molecule has 0 amide bonds. The van der Waals surface area contributed by atoms with Crippen molar-refractivity contribution < 1.29 is 4.79 Å². The zero-order valence-electron chi connectivity index (χ0n) is 24.6. The third-order valence-corrected chi connectivity index (χ3v) is 11.5. The summed E-state index contributed by atoms with van der Waals surface area (Å²) in [5.41, 5.74) is 3.08. The van der Waals surface area contributed by atoms with Gasteiger partial charge in [-0.2, -0.15) is 0 Å². The van der Waals surface area contributed by atoms with Crippen LogP contribution >= 0.6 is 0 Å². The Bertz CT molecular complexity index is 602. The van der Waals surface area contributed by atoms with Crippen molar-refractivity contribution in [2.24, 2.45) is 0 Å². The zero-order valence-corrected chi connectivity index (χ0v) is 26.6. The highest BCUT2D eigenvalue weighted by Crippen LogP contribution is 2.43. The minimum atomic E-state index is -1.67. The highest BCUT2D eigenvalue weighted by molar-refractivity contribution is 6.94. The Labute approximate surface area is 216 Å². The molecule has 0 aromatic carbocycles. The summed E-state index contributed by atoms with van der Waals surface area (Å²) in [7, 11) is -3.33. The van der Waals surface area contributed by atoms with E-state index >= 15 is 0 Å². The molecule has 1 nitrogen and oxygen atoms in total. The smallest absolute Gasteiger partial charge is 0.177 e. The van der Waals surface area contributed by atoms with Crippen molar-refractivity contribution in [1.82, 2.24) is 0 Å². The maximum Gasteiger partial charge on any atom is 0.177 e. The van der Waals surface area contributed by atoms with Gasteiger partial charge >= 0.3 is 0 Å². The number of allylic oxidation sites excluding steroid dienone is 4. The van der Waals surface area contributed by atoms with Crippen LogP contribution in [-0.2, 0) is 4.79 Å². The SMILES string of the molecule is CCCCCCCCCCC1=C([Si](C)(C)C)C(=O)C([Si](C)(C)C)=C1CCCCCCCCCC. The van der Waals surface area contributed by atoms with E-state index in [-0.39, 0.29) is 0 Å². The van der Waals surface area contributed by atoms with Crippen LogP contribution in [0.1, 0.15) is 129 Å². The van der Waals surface area contributed by atoms with Gasteiger partial charge in [-0.1, -0.05) is 143 Å². The number of ketones is 1. The van der Waals surface area contributed by atoms with E-state index in [9.17, 15) is 4.79 Å². The van der Waals surface area contributed by atoms with Crippen LogP contribution in [0, 0.1) is 0 Å². The summed E-state index contributed by atoms with van der Waals surface area (Å²) in [6.45, 7) is 19.0. The Kier molecular flexibility index (Phi) is 15.2. The molecule has 3 heteroatoms. The Hall–Kier alpha value is -0.416. The standard InChI is InChI=1S/C31H60OSi2/c1-9-11-13-15-17-19-21-23-25-27-28(26-24-22-20-18-16-14-12-10-2)31(34(6,7)8)29(32)30(27)33(3,4)5/h9-26H2,1-8H3. The van der Waals surface area contributed by atoms with E-state index in [2.05, 4.69) is 53.1 Å². The molecule has 0 aromatic heterocycles. The largest absolute Gasteiger partial charge is 0.290 e. The molecule has 1 aliphatic carbocycles. The van der Waals surface area contributed by atoms with Crippen molar-refractivity contribution in [2.45, 2.75) is 169 Å². The molecule has 198 valence electrons. The van der Waals surface area contributed by atoms with E-state index in [1.807, 2.05) is 0 Å². The summed E-state index contributed by atoms with van der Waals surface area (Å²) >= 11 is 0. The second-order valence-electron chi connectivity index (χ2n) is 13.0. The van der Waals surface area contributed by atoms with Crippen molar-refractivity contribution in [3.05, 3.63) is 21.5 Å². The Balaban J connectivity index is 2.83. The zero-order chi connectivity index (χ0) is 25.6. The number of Topliss-reactive ketones (excluding diaryl/α,β-unsaturated/α-hetero) is 1. The fraction of sp³-hybridized carbons (Fsp3) is 0.839. The molecule has 0 saturated carbocycles. The maximum atomic E-state index is 13.8. The van der Waals surface area contributed by atoms with Crippen LogP contribution in [0.15, 0.2) is 21.5 Å². The summed E-state index contributed by atoms with van der Waals surface area (Å²) < 4.78 is 0. The van der Waals surface area contributed by atoms with Gasteiger partial charge in [0.05, 0.1) is 16.1 Å². The number of hydrogen-bond donors (Lipinski definition) is 0. The first-order chi connectivity index (χ1) is 16.1. The lowest BCUT2D eigenvalue weighted by Gasteiger charge is -2.22. The first-order valence-electron chi connectivity index (χ1n) is 15.1. The minimum absolute atomic E-state index is 0.488. The monoisotopic (exact) mass is 504 g/mol. The quantitative estimate of drug-likeness (QED) is 0.119. The predicted molar refractivity (Wildman–Crippen MR) is 160 cm³/mol. The van der Waals surface area contributed by atoms with Gasteiger partial charge in [0.1, 0.15) is 0 Å². The van der Waals surface area contributed by atoms with Crippen LogP contribution in [0.25, 0.3) is 0 Å². The summed E-state index contributed by atoms with van der Waals surface area (Å²) in [6, 6.07) is 0. The molecule has 0 bridgehead atoms. The molecule has 0 atom stereocenters. The van der Waals surface area contributed by atoms with Crippen LogP contribution in [-0.4, -0.2) is 21.9 Å². The second-order valence-corrected chi connectivity index (χ2v) is 23.0. The molecule has 0 radical (unpaired) electrons. The van der Waals surface area contributed by atoms with Gasteiger partial charge < -0.3 is 0 Å². The molecule has 0 saturated heterocycles. The number of carbonyl (C=O) groups excluding carboxylic acids is 1. The van der Waals surface area contributed by atoms with Crippen molar-refractivity contribution in [2.75, 3.05) is 0 Å². The summed E-state index contributed by atoms with van der Waals surface area (Å²) in [6.07, 6.45) is 24.1. The molecular weight excluding hydrogens is 445 g/mol.